The van der Waals surface area contributed by atoms with Crippen molar-refractivity contribution in [2.75, 3.05) is 18.0 Å². The van der Waals surface area contributed by atoms with Gasteiger partial charge >= 0.3 is 59.1 Å². The van der Waals surface area contributed by atoms with Crippen LogP contribution in [-0.4, -0.2) is 25.0 Å². The van der Waals surface area contributed by atoms with Crippen LogP contribution in [0.15, 0.2) is 78.9 Å². The van der Waals surface area contributed by atoms with E-state index in [1.54, 1.807) is 0 Å². The molecule has 0 saturated heterocycles. The molecule has 0 saturated carbocycles. The first-order valence-electron chi connectivity index (χ1n) is 11.8. The van der Waals surface area contributed by atoms with E-state index in [1.165, 1.54) is 0 Å². The second-order valence-corrected chi connectivity index (χ2v) is 8.27. The molecular weight excluding hydrogens is 484 g/mol. The van der Waals surface area contributed by atoms with E-state index in [2.05, 4.69) is 54.6 Å². The molecule has 0 aliphatic heterocycles. The van der Waals surface area contributed by atoms with E-state index in [0.717, 1.165) is 27.9 Å². The molecule has 0 aliphatic carbocycles. The third-order valence-electron chi connectivity index (χ3n) is 5.55. The number of rotatable bonds is 13. The molecule has 0 amide bonds. The van der Waals surface area contributed by atoms with E-state index >= 15 is 0 Å². The van der Waals surface area contributed by atoms with Crippen LogP contribution in [0.1, 0.15) is 47.9 Å². The summed E-state index contributed by atoms with van der Waals surface area (Å²) in [5, 5.41) is 21.5. The Labute approximate surface area is 263 Å². The van der Waals surface area contributed by atoms with Crippen LogP contribution in [0, 0.1) is 0 Å². The van der Waals surface area contributed by atoms with Crippen LogP contribution >= 0.6 is 0 Å². The van der Waals surface area contributed by atoms with E-state index in [-0.39, 0.29) is 72.0 Å². The van der Waals surface area contributed by atoms with Crippen LogP contribution in [0.25, 0.3) is 24.3 Å². The van der Waals surface area contributed by atoms with E-state index in [0.29, 0.717) is 25.9 Å². The zero-order valence-corrected chi connectivity index (χ0v) is 25.6. The van der Waals surface area contributed by atoms with Gasteiger partial charge in [0.1, 0.15) is 0 Å². The molecule has 3 rings (SSSR count). The number of hydrogen-bond acceptors (Lipinski definition) is 5. The first-order chi connectivity index (χ1) is 17.0. The van der Waals surface area contributed by atoms with Crippen molar-refractivity contribution < 1.29 is 78.9 Å². The summed E-state index contributed by atoms with van der Waals surface area (Å²) in [6.45, 7) is 1.03. The van der Waals surface area contributed by atoms with Gasteiger partial charge in [0.15, 0.2) is 0 Å². The Morgan fingerprint density at radius 3 is 1.30 bits per heavy atom. The molecule has 0 aromatic heterocycles. The average Bonchev–Trinajstić information content (AvgIpc) is 2.86. The second kappa shape index (κ2) is 18.2. The van der Waals surface area contributed by atoms with Crippen LogP contribution in [0.5, 0.6) is 0 Å². The topological polar surface area (TPSA) is 83.5 Å². The maximum absolute atomic E-state index is 10.7. The fourth-order valence-electron chi connectivity index (χ4n) is 3.66. The zero-order chi connectivity index (χ0) is 24.9. The molecule has 0 aliphatic rings. The van der Waals surface area contributed by atoms with Crippen LogP contribution in [0.2, 0.25) is 0 Å². The van der Waals surface area contributed by atoms with Gasteiger partial charge in [-0.05, 0) is 60.1 Å². The van der Waals surface area contributed by atoms with Gasteiger partial charge in [-0.25, -0.2) is 0 Å². The summed E-state index contributed by atoms with van der Waals surface area (Å²) < 4.78 is 0. The fraction of sp³-hybridized carbons (Fsp3) is 0.200. The Morgan fingerprint density at radius 2 is 0.919 bits per heavy atom. The average molecular weight is 514 g/mol. The molecule has 5 nitrogen and oxygen atoms in total. The third-order valence-corrected chi connectivity index (χ3v) is 5.55. The molecule has 0 radical (unpaired) electrons. The zero-order valence-electron chi connectivity index (χ0n) is 21.6. The largest absolute Gasteiger partial charge is 1.00 e. The Bertz CT molecular complexity index is 1120. The summed E-state index contributed by atoms with van der Waals surface area (Å²) in [6, 6.07) is 26.4. The Hall–Kier alpha value is -2.12. The molecule has 0 bridgehead atoms. The van der Waals surface area contributed by atoms with E-state index < -0.39 is 11.9 Å². The minimum absolute atomic E-state index is 0. The quantitative estimate of drug-likeness (QED) is 0.193. The number of nitrogens with zero attached hydrogens (tertiary/aromatic N) is 1. The SMILES string of the molecule is O=C([O-])CCCN(CCCC(=O)[O-])c1ccc(/C=C/c2ccc(/C=C/c3ccccc3)cc2)cc1.[Na+].[Na+]. The van der Waals surface area contributed by atoms with Gasteiger partial charge in [0.2, 0.25) is 0 Å². The predicted molar refractivity (Wildman–Crippen MR) is 138 cm³/mol. The first kappa shape index (κ1) is 32.9. The molecule has 3 aromatic rings. The smallest absolute Gasteiger partial charge is 0.550 e. The number of aliphatic carboxylic acids is 2. The summed E-state index contributed by atoms with van der Waals surface area (Å²) in [6.07, 6.45) is 9.08. The summed E-state index contributed by atoms with van der Waals surface area (Å²) in [5.41, 5.74) is 5.35. The van der Waals surface area contributed by atoms with Gasteiger partial charge in [-0.3, -0.25) is 0 Å². The van der Waals surface area contributed by atoms with Crippen molar-refractivity contribution in [3.8, 4) is 0 Å². The second-order valence-electron chi connectivity index (χ2n) is 8.27. The molecule has 0 atom stereocenters. The Morgan fingerprint density at radius 1 is 0.568 bits per heavy atom. The van der Waals surface area contributed by atoms with Crippen molar-refractivity contribution in [3.63, 3.8) is 0 Å². The maximum atomic E-state index is 10.7. The summed E-state index contributed by atoms with van der Waals surface area (Å²) in [7, 11) is 0. The number of benzene rings is 3. The third kappa shape index (κ3) is 12.8. The van der Waals surface area contributed by atoms with Crippen molar-refractivity contribution in [1.29, 1.82) is 0 Å². The maximum Gasteiger partial charge on any atom is 1.00 e. The molecule has 7 heteroatoms. The van der Waals surface area contributed by atoms with Crippen LogP contribution in [0.4, 0.5) is 5.69 Å². The van der Waals surface area contributed by atoms with E-state index in [1.807, 2.05) is 53.4 Å². The van der Waals surface area contributed by atoms with Gasteiger partial charge < -0.3 is 24.7 Å². The molecule has 0 fully saturated rings. The Balaban J connectivity index is 0.00000342. The molecule has 0 unspecified atom stereocenters. The number of carboxylic acid groups (broad SMARTS) is 2. The number of carbonyl (C=O) groups is 2. The molecule has 0 heterocycles. The number of hydrogen-bond donors (Lipinski definition) is 0. The molecule has 0 N–H and O–H groups in total. The van der Waals surface area contributed by atoms with Gasteiger partial charge in [0.25, 0.3) is 0 Å². The minimum atomic E-state index is -1.08. The van der Waals surface area contributed by atoms with Crippen molar-refractivity contribution in [2.24, 2.45) is 0 Å². The van der Waals surface area contributed by atoms with Gasteiger partial charge in [0.05, 0.1) is 0 Å². The minimum Gasteiger partial charge on any atom is -0.550 e. The summed E-state index contributed by atoms with van der Waals surface area (Å²) in [4.78, 5) is 23.5. The summed E-state index contributed by atoms with van der Waals surface area (Å²) >= 11 is 0. The fourth-order valence-corrected chi connectivity index (χ4v) is 3.66. The molecule has 0 spiro atoms. The van der Waals surface area contributed by atoms with Gasteiger partial charge in [-0.15, -0.1) is 0 Å². The van der Waals surface area contributed by atoms with Crippen molar-refractivity contribution >= 4 is 41.9 Å². The van der Waals surface area contributed by atoms with Crippen LogP contribution in [0.3, 0.4) is 0 Å². The molecular formula is C30H29NNa2O4. The van der Waals surface area contributed by atoms with Crippen LogP contribution in [-0.2, 0) is 9.59 Å². The van der Waals surface area contributed by atoms with Crippen molar-refractivity contribution in [2.45, 2.75) is 25.7 Å². The predicted octanol–water partition coefficient (Wildman–Crippen LogP) is -2.10. The van der Waals surface area contributed by atoms with E-state index in [4.69, 9.17) is 0 Å². The van der Waals surface area contributed by atoms with Crippen LogP contribution < -0.4 is 74.2 Å². The van der Waals surface area contributed by atoms with Gasteiger partial charge in [-0.1, -0.05) is 91.0 Å². The van der Waals surface area contributed by atoms with Gasteiger partial charge in [0, 0.05) is 30.7 Å². The number of carboxylic acids is 2. The number of carbonyl (C=O) groups excluding carboxylic acids is 2. The van der Waals surface area contributed by atoms with Crippen molar-refractivity contribution in [1.82, 2.24) is 0 Å². The number of anilines is 1. The monoisotopic (exact) mass is 513 g/mol. The molecule has 37 heavy (non-hydrogen) atoms. The normalized spacial score (nSPS) is 10.6. The molecule has 180 valence electrons. The molecule has 3 aromatic carbocycles. The standard InChI is InChI=1S/C30H31NO4.2Na/c32-29(33)8-4-22-31(23-5-9-30(34)35)28-20-18-27(19-21-28)17-16-26-14-12-25(13-15-26)11-10-24-6-2-1-3-7-24;;/h1-3,6-7,10-21H,4-5,8-9,22-23H2,(H,32,33)(H,34,35);;/q;2*+1/p-2/b11-10+,17-16+;;. The Kier molecular flexibility index (Phi) is 16.2. The summed E-state index contributed by atoms with van der Waals surface area (Å²) in [5.74, 6) is -2.17. The van der Waals surface area contributed by atoms with Crippen molar-refractivity contribution in [3.05, 3.63) is 101 Å². The van der Waals surface area contributed by atoms with E-state index in [9.17, 15) is 19.8 Å². The first-order valence-corrected chi connectivity index (χ1v) is 11.8. The van der Waals surface area contributed by atoms with Gasteiger partial charge in [-0.2, -0.15) is 0 Å².